The number of carbonyl (C=O) groups excluding carboxylic acids is 3. The Balaban J connectivity index is 1.72. The Morgan fingerprint density at radius 2 is 1.77 bits per heavy atom. The highest BCUT2D eigenvalue weighted by Gasteiger charge is 2.45. The third-order valence-corrected chi connectivity index (χ3v) is 7.56. The molecule has 1 aromatic heterocycles. The third-order valence-electron chi connectivity index (χ3n) is 6.65. The molecule has 0 saturated carbocycles. The van der Waals surface area contributed by atoms with E-state index in [1.165, 1.54) is 4.90 Å². The number of likely N-dealkylation sites (tertiary alicyclic amines) is 1. The number of thiazole rings is 1. The van der Waals surface area contributed by atoms with Crippen molar-refractivity contribution < 1.29 is 24.2 Å². The number of hydrogen-bond acceptors (Lipinski definition) is 7. The van der Waals surface area contributed by atoms with Crippen molar-refractivity contribution in [3.05, 3.63) is 41.0 Å². The molecule has 9 nitrogen and oxygen atoms in total. The molecule has 10 heteroatoms. The summed E-state index contributed by atoms with van der Waals surface area (Å²) in [6.45, 7) is 14.7. The summed E-state index contributed by atoms with van der Waals surface area (Å²) < 4.78 is 5.37. The van der Waals surface area contributed by atoms with Crippen molar-refractivity contribution in [1.82, 2.24) is 20.5 Å². The predicted molar refractivity (Wildman–Crippen MR) is 152 cm³/mol. The number of ether oxygens (including phenoxy) is 1. The summed E-state index contributed by atoms with van der Waals surface area (Å²) in [6, 6.07) is 5.89. The summed E-state index contributed by atoms with van der Waals surface area (Å²) in [5.74, 6) is -0.782. The van der Waals surface area contributed by atoms with E-state index in [2.05, 4.69) is 22.5 Å². The highest BCUT2D eigenvalue weighted by atomic mass is 32.1. The van der Waals surface area contributed by atoms with Gasteiger partial charge in [-0.15, -0.1) is 11.3 Å². The lowest BCUT2D eigenvalue weighted by Gasteiger charge is -2.35. The van der Waals surface area contributed by atoms with Crippen LogP contribution in [0.2, 0.25) is 0 Å². The van der Waals surface area contributed by atoms with E-state index in [0.717, 1.165) is 28.1 Å². The lowest BCUT2D eigenvalue weighted by atomic mass is 9.85. The third kappa shape index (κ3) is 7.79. The van der Waals surface area contributed by atoms with Crippen molar-refractivity contribution in [2.24, 2.45) is 5.41 Å². The molecule has 1 aromatic carbocycles. The molecule has 39 heavy (non-hydrogen) atoms. The monoisotopic (exact) mass is 558 g/mol. The molecule has 214 valence electrons. The van der Waals surface area contributed by atoms with Crippen molar-refractivity contribution in [1.29, 1.82) is 0 Å². The molecule has 1 fully saturated rings. The van der Waals surface area contributed by atoms with E-state index < -0.39 is 41.2 Å². The summed E-state index contributed by atoms with van der Waals surface area (Å²) in [4.78, 5) is 46.5. The molecule has 1 aliphatic heterocycles. The van der Waals surface area contributed by atoms with Gasteiger partial charge in [0, 0.05) is 13.0 Å². The highest BCUT2D eigenvalue weighted by Crippen LogP contribution is 2.30. The van der Waals surface area contributed by atoms with E-state index in [1.54, 1.807) is 32.1 Å². The maximum Gasteiger partial charge on any atom is 0.408 e. The number of rotatable bonds is 7. The van der Waals surface area contributed by atoms with E-state index in [4.69, 9.17) is 4.74 Å². The first-order valence-electron chi connectivity index (χ1n) is 13.4. The summed E-state index contributed by atoms with van der Waals surface area (Å²) in [5, 5.41) is 16.1. The molecule has 1 aliphatic rings. The molecule has 2 heterocycles. The lowest BCUT2D eigenvalue weighted by Crippen LogP contribution is -2.58. The zero-order chi connectivity index (χ0) is 29.1. The summed E-state index contributed by atoms with van der Waals surface area (Å²) >= 11 is 1.61. The Morgan fingerprint density at radius 3 is 2.33 bits per heavy atom. The van der Waals surface area contributed by atoms with Crippen LogP contribution >= 0.6 is 11.3 Å². The van der Waals surface area contributed by atoms with Gasteiger partial charge in [-0.3, -0.25) is 9.59 Å². The Morgan fingerprint density at radius 1 is 1.13 bits per heavy atom. The van der Waals surface area contributed by atoms with Gasteiger partial charge in [0.15, 0.2) is 0 Å². The number of nitrogens with one attached hydrogen (secondary N) is 2. The van der Waals surface area contributed by atoms with Gasteiger partial charge in [-0.05, 0) is 50.7 Å². The first-order chi connectivity index (χ1) is 18.1. The first kappa shape index (κ1) is 30.6. The molecule has 3 rings (SSSR count). The molecule has 3 N–H and O–H groups in total. The minimum Gasteiger partial charge on any atom is -0.444 e. The van der Waals surface area contributed by atoms with Crippen LogP contribution in [0.25, 0.3) is 10.4 Å². The second-order valence-electron chi connectivity index (χ2n) is 12.2. The van der Waals surface area contributed by atoms with E-state index in [-0.39, 0.29) is 24.9 Å². The fourth-order valence-corrected chi connectivity index (χ4v) is 5.51. The number of aromatic nitrogens is 1. The maximum absolute atomic E-state index is 13.7. The van der Waals surface area contributed by atoms with E-state index >= 15 is 0 Å². The van der Waals surface area contributed by atoms with Crippen molar-refractivity contribution >= 4 is 29.2 Å². The van der Waals surface area contributed by atoms with Gasteiger partial charge in [-0.2, -0.15) is 0 Å². The molecule has 0 bridgehead atoms. The predicted octanol–water partition coefficient (Wildman–Crippen LogP) is 4.45. The number of amides is 3. The van der Waals surface area contributed by atoms with Crippen LogP contribution in [0, 0.1) is 5.41 Å². The Kier molecular flexibility index (Phi) is 9.43. The molecule has 3 amide bonds. The van der Waals surface area contributed by atoms with Crippen LogP contribution in [-0.4, -0.2) is 63.2 Å². The van der Waals surface area contributed by atoms with Crippen LogP contribution in [0.3, 0.4) is 0 Å². The molecule has 2 aromatic rings. The topological polar surface area (TPSA) is 121 Å². The number of β-amino-alcohol motifs (C(OH)–C–C–N with tert-alkyl or cyclic N) is 1. The van der Waals surface area contributed by atoms with Gasteiger partial charge in [0.1, 0.15) is 17.7 Å². The summed E-state index contributed by atoms with van der Waals surface area (Å²) in [6.07, 6.45) is -0.567. The van der Waals surface area contributed by atoms with Gasteiger partial charge in [-0.1, -0.05) is 52.0 Å². The van der Waals surface area contributed by atoms with Gasteiger partial charge in [0.05, 0.1) is 28.2 Å². The van der Waals surface area contributed by atoms with E-state index in [9.17, 15) is 19.5 Å². The normalized spacial score (nSPS) is 19.4. The van der Waals surface area contributed by atoms with Gasteiger partial charge >= 0.3 is 6.09 Å². The molecule has 1 saturated heterocycles. The SMILES string of the molecule is CCc1ncsc1-c1ccc(C(C)NC(=O)[C@@H]2C[C@@H](O)CN2C(=O)C(NC(=O)OC(C)(C)C)C(C)(C)C)cc1. The minimum atomic E-state index is -0.947. The maximum atomic E-state index is 13.7. The Hall–Kier alpha value is -2.98. The number of aliphatic hydroxyl groups excluding tert-OH is 1. The van der Waals surface area contributed by atoms with Crippen molar-refractivity contribution in [2.45, 2.75) is 98.1 Å². The number of nitrogens with zero attached hydrogens (tertiary/aromatic N) is 2. The second-order valence-corrected chi connectivity index (χ2v) is 13.0. The van der Waals surface area contributed by atoms with Crippen LogP contribution in [0.5, 0.6) is 0 Å². The average Bonchev–Trinajstić information content (AvgIpc) is 3.47. The molecular weight excluding hydrogens is 516 g/mol. The zero-order valence-corrected chi connectivity index (χ0v) is 25.0. The molecular formula is C29H42N4O5S. The van der Waals surface area contributed by atoms with Gasteiger partial charge in [0.2, 0.25) is 11.8 Å². The fourth-order valence-electron chi connectivity index (χ4n) is 4.62. The van der Waals surface area contributed by atoms with Crippen molar-refractivity contribution in [3.63, 3.8) is 0 Å². The van der Waals surface area contributed by atoms with Crippen molar-refractivity contribution in [2.75, 3.05) is 6.54 Å². The molecule has 0 radical (unpaired) electrons. The highest BCUT2D eigenvalue weighted by molar-refractivity contribution is 7.13. The average molecular weight is 559 g/mol. The molecule has 2 unspecified atom stereocenters. The van der Waals surface area contributed by atoms with Crippen LogP contribution in [0.1, 0.15) is 79.1 Å². The number of aryl methyl sites for hydroxylation is 1. The summed E-state index contributed by atoms with van der Waals surface area (Å²) in [5.41, 5.74) is 3.53. The zero-order valence-electron chi connectivity index (χ0n) is 24.2. The van der Waals surface area contributed by atoms with Gasteiger partial charge < -0.3 is 25.4 Å². The minimum absolute atomic E-state index is 0.0111. The number of benzene rings is 1. The van der Waals surface area contributed by atoms with E-state index in [0.29, 0.717) is 0 Å². The van der Waals surface area contributed by atoms with Crippen LogP contribution in [0.15, 0.2) is 29.8 Å². The fraction of sp³-hybridized carbons (Fsp3) is 0.586. The number of aliphatic hydroxyl groups is 1. The quantitative estimate of drug-likeness (QED) is 0.462. The number of hydrogen-bond donors (Lipinski definition) is 3. The first-order valence-corrected chi connectivity index (χ1v) is 14.3. The van der Waals surface area contributed by atoms with Crippen LogP contribution in [-0.2, 0) is 20.7 Å². The summed E-state index contributed by atoms with van der Waals surface area (Å²) in [7, 11) is 0. The lowest BCUT2D eigenvalue weighted by molar-refractivity contribution is -0.142. The number of alkyl carbamates (subject to hydrolysis) is 1. The van der Waals surface area contributed by atoms with Crippen molar-refractivity contribution in [3.8, 4) is 10.4 Å². The Labute approximate surface area is 235 Å². The second kappa shape index (κ2) is 12.0. The van der Waals surface area contributed by atoms with E-state index in [1.807, 2.05) is 57.5 Å². The Bertz CT molecular complexity index is 1170. The molecule has 0 spiro atoms. The van der Waals surface area contributed by atoms with Gasteiger partial charge in [-0.25, -0.2) is 9.78 Å². The van der Waals surface area contributed by atoms with Crippen LogP contribution < -0.4 is 10.6 Å². The smallest absolute Gasteiger partial charge is 0.408 e. The number of carbonyl (C=O) groups is 3. The standard InChI is InChI=1S/C29H42N4O5S/c1-9-21-23(39-16-30-21)19-12-10-18(11-13-19)17(2)31-25(35)22-14-20(34)15-33(22)26(36)24(28(3,4)5)32-27(37)38-29(6,7)8/h10-13,16-17,20,22,24,34H,9,14-15H2,1-8H3,(H,31,35)(H,32,37)/t17?,20-,22+,24?/m1/s1. The largest absolute Gasteiger partial charge is 0.444 e. The van der Waals surface area contributed by atoms with Crippen LogP contribution in [0.4, 0.5) is 4.79 Å². The van der Waals surface area contributed by atoms with Gasteiger partial charge in [0.25, 0.3) is 0 Å². The molecule has 0 aliphatic carbocycles. The molecule has 4 atom stereocenters.